The SMILES string of the molecule is CC(=O)N1[C@H]2CC[C@@H]1[C@](Cc1ccccc1)(C(=O)NCc1cccc(F)c1)C2. The first-order valence-electron chi connectivity index (χ1n) is 9.85. The van der Waals surface area contributed by atoms with Crippen LogP contribution in [0.15, 0.2) is 54.6 Å². The van der Waals surface area contributed by atoms with Crippen LogP contribution in [0.2, 0.25) is 0 Å². The van der Waals surface area contributed by atoms with Gasteiger partial charge in [0.05, 0.1) is 5.41 Å². The number of hydrogen-bond acceptors (Lipinski definition) is 2. The lowest BCUT2D eigenvalue weighted by molar-refractivity contribution is -0.135. The zero-order valence-corrected chi connectivity index (χ0v) is 16.0. The van der Waals surface area contributed by atoms with Gasteiger partial charge in [0, 0.05) is 25.6 Å². The summed E-state index contributed by atoms with van der Waals surface area (Å²) in [4.78, 5) is 27.6. The smallest absolute Gasteiger partial charge is 0.228 e. The Morgan fingerprint density at radius 1 is 1.11 bits per heavy atom. The number of benzene rings is 2. The Hall–Kier alpha value is -2.69. The van der Waals surface area contributed by atoms with Gasteiger partial charge in [-0.15, -0.1) is 0 Å². The number of hydrogen-bond donors (Lipinski definition) is 1. The second-order valence-corrected chi connectivity index (χ2v) is 8.01. The highest BCUT2D eigenvalue weighted by atomic mass is 19.1. The van der Waals surface area contributed by atoms with E-state index in [9.17, 15) is 14.0 Å². The zero-order valence-electron chi connectivity index (χ0n) is 16.0. The molecule has 2 fully saturated rings. The number of amides is 2. The summed E-state index contributed by atoms with van der Waals surface area (Å²) in [6.45, 7) is 1.87. The first kappa shape index (κ1) is 18.7. The summed E-state index contributed by atoms with van der Waals surface area (Å²) < 4.78 is 13.5. The molecule has 146 valence electrons. The van der Waals surface area contributed by atoms with Gasteiger partial charge in [0.1, 0.15) is 5.82 Å². The van der Waals surface area contributed by atoms with Gasteiger partial charge in [-0.3, -0.25) is 9.59 Å². The van der Waals surface area contributed by atoms with Gasteiger partial charge >= 0.3 is 0 Å². The molecule has 0 aromatic heterocycles. The van der Waals surface area contributed by atoms with Crippen LogP contribution in [-0.4, -0.2) is 28.8 Å². The number of carbonyl (C=O) groups excluding carboxylic acids is 2. The molecule has 0 radical (unpaired) electrons. The van der Waals surface area contributed by atoms with Crippen molar-refractivity contribution in [3.05, 3.63) is 71.5 Å². The number of halogens is 1. The van der Waals surface area contributed by atoms with Crippen LogP contribution < -0.4 is 5.32 Å². The van der Waals surface area contributed by atoms with Gasteiger partial charge in [-0.05, 0) is 48.9 Å². The second-order valence-electron chi connectivity index (χ2n) is 8.01. The average molecular weight is 380 g/mol. The van der Waals surface area contributed by atoms with Gasteiger partial charge in [0.15, 0.2) is 0 Å². The summed E-state index contributed by atoms with van der Waals surface area (Å²) in [6.07, 6.45) is 3.09. The van der Waals surface area contributed by atoms with Crippen molar-refractivity contribution in [2.45, 2.75) is 51.2 Å². The quantitative estimate of drug-likeness (QED) is 0.864. The minimum absolute atomic E-state index is 0.0420. The number of fused-ring (bicyclic) bond motifs is 2. The normalized spacial score (nSPS) is 25.7. The lowest BCUT2D eigenvalue weighted by Crippen LogP contribution is -2.50. The highest BCUT2D eigenvalue weighted by Crippen LogP contribution is 2.51. The van der Waals surface area contributed by atoms with Crippen LogP contribution in [0.5, 0.6) is 0 Å². The molecule has 2 aromatic rings. The van der Waals surface area contributed by atoms with Crippen LogP contribution >= 0.6 is 0 Å². The van der Waals surface area contributed by atoms with Crippen molar-refractivity contribution in [2.75, 3.05) is 0 Å². The Balaban J connectivity index is 1.60. The summed E-state index contributed by atoms with van der Waals surface area (Å²) in [7, 11) is 0. The van der Waals surface area contributed by atoms with E-state index < -0.39 is 5.41 Å². The molecule has 28 heavy (non-hydrogen) atoms. The lowest BCUT2D eigenvalue weighted by Gasteiger charge is -2.36. The van der Waals surface area contributed by atoms with Gasteiger partial charge in [-0.25, -0.2) is 4.39 Å². The van der Waals surface area contributed by atoms with Crippen molar-refractivity contribution in [3.8, 4) is 0 Å². The Labute approximate surface area is 164 Å². The lowest BCUT2D eigenvalue weighted by atomic mass is 9.69. The fourth-order valence-corrected chi connectivity index (χ4v) is 5.14. The van der Waals surface area contributed by atoms with Crippen molar-refractivity contribution in [2.24, 2.45) is 5.41 Å². The fraction of sp³-hybridized carbons (Fsp3) is 0.391. The van der Waals surface area contributed by atoms with Crippen LogP contribution in [-0.2, 0) is 22.6 Å². The van der Waals surface area contributed by atoms with Crippen molar-refractivity contribution in [1.82, 2.24) is 10.2 Å². The molecule has 3 atom stereocenters. The minimum atomic E-state index is -0.636. The molecule has 2 aromatic carbocycles. The van der Waals surface area contributed by atoms with Crippen molar-refractivity contribution in [1.29, 1.82) is 0 Å². The highest BCUT2D eigenvalue weighted by Gasteiger charge is 2.60. The maximum absolute atomic E-state index is 13.5. The van der Waals surface area contributed by atoms with Crippen LogP contribution in [0.4, 0.5) is 4.39 Å². The Bertz CT molecular complexity index is 885. The van der Waals surface area contributed by atoms with Crippen molar-refractivity contribution in [3.63, 3.8) is 0 Å². The maximum atomic E-state index is 13.5. The van der Waals surface area contributed by atoms with Crippen LogP contribution in [0.3, 0.4) is 0 Å². The van der Waals surface area contributed by atoms with E-state index in [1.165, 1.54) is 12.1 Å². The molecule has 1 N–H and O–H groups in total. The fourth-order valence-electron chi connectivity index (χ4n) is 5.14. The molecule has 2 amide bonds. The Morgan fingerprint density at radius 3 is 2.54 bits per heavy atom. The molecular weight excluding hydrogens is 355 g/mol. The van der Waals surface area contributed by atoms with Crippen molar-refractivity contribution >= 4 is 11.8 Å². The summed E-state index contributed by atoms with van der Waals surface area (Å²) in [6, 6.07) is 16.3. The molecule has 2 aliphatic heterocycles. The van der Waals surface area contributed by atoms with Gasteiger partial charge < -0.3 is 10.2 Å². The van der Waals surface area contributed by atoms with Gasteiger partial charge in [0.2, 0.25) is 11.8 Å². The zero-order chi connectivity index (χ0) is 19.7. The van der Waals surface area contributed by atoms with Gasteiger partial charge in [0.25, 0.3) is 0 Å². The third-order valence-corrected chi connectivity index (χ3v) is 6.26. The summed E-state index contributed by atoms with van der Waals surface area (Å²) in [5.41, 5.74) is 1.19. The van der Waals surface area contributed by atoms with E-state index >= 15 is 0 Å². The number of nitrogens with zero attached hydrogens (tertiary/aromatic N) is 1. The van der Waals surface area contributed by atoms with Crippen LogP contribution in [0.25, 0.3) is 0 Å². The van der Waals surface area contributed by atoms with E-state index in [4.69, 9.17) is 0 Å². The molecule has 0 unspecified atom stereocenters. The van der Waals surface area contributed by atoms with Gasteiger partial charge in [-0.1, -0.05) is 42.5 Å². The predicted molar refractivity (Wildman–Crippen MR) is 105 cm³/mol. The van der Waals surface area contributed by atoms with E-state index in [0.717, 1.165) is 24.0 Å². The van der Waals surface area contributed by atoms with Crippen molar-refractivity contribution < 1.29 is 14.0 Å². The van der Waals surface area contributed by atoms with Crippen LogP contribution in [0, 0.1) is 11.2 Å². The summed E-state index contributed by atoms with van der Waals surface area (Å²) in [5.74, 6) is -0.312. The molecule has 4 rings (SSSR count). The number of nitrogens with one attached hydrogen (secondary N) is 1. The first-order valence-corrected chi connectivity index (χ1v) is 9.85. The third kappa shape index (κ3) is 3.30. The summed E-state index contributed by atoms with van der Waals surface area (Å²) >= 11 is 0. The van der Waals surface area contributed by atoms with Crippen LogP contribution in [0.1, 0.15) is 37.3 Å². The van der Waals surface area contributed by atoms with E-state index in [0.29, 0.717) is 12.8 Å². The Morgan fingerprint density at radius 2 is 1.86 bits per heavy atom. The molecule has 2 aliphatic rings. The monoisotopic (exact) mass is 380 g/mol. The molecule has 5 heteroatoms. The maximum Gasteiger partial charge on any atom is 0.228 e. The van der Waals surface area contributed by atoms with E-state index in [1.54, 1.807) is 19.1 Å². The topological polar surface area (TPSA) is 49.4 Å². The third-order valence-electron chi connectivity index (χ3n) is 6.26. The average Bonchev–Trinajstić information content (AvgIpc) is 3.24. The largest absolute Gasteiger partial charge is 0.351 e. The summed E-state index contributed by atoms with van der Waals surface area (Å²) in [5, 5.41) is 3.03. The molecule has 2 saturated heterocycles. The minimum Gasteiger partial charge on any atom is -0.351 e. The molecule has 0 spiro atoms. The van der Waals surface area contributed by atoms with E-state index in [1.807, 2.05) is 35.2 Å². The van der Waals surface area contributed by atoms with E-state index in [2.05, 4.69) is 5.32 Å². The number of carbonyl (C=O) groups is 2. The highest BCUT2D eigenvalue weighted by molar-refractivity contribution is 5.87. The predicted octanol–water partition coefficient (Wildman–Crippen LogP) is 3.45. The Kier molecular flexibility index (Phi) is 4.92. The van der Waals surface area contributed by atoms with E-state index in [-0.39, 0.29) is 36.3 Å². The first-order chi connectivity index (χ1) is 13.5. The van der Waals surface area contributed by atoms with Gasteiger partial charge in [-0.2, -0.15) is 0 Å². The molecule has 0 saturated carbocycles. The molecule has 0 aliphatic carbocycles. The molecular formula is C23H25FN2O2. The molecule has 2 bridgehead atoms. The molecule has 4 nitrogen and oxygen atoms in total. The standard InChI is InChI=1S/C23H25FN2O2/c1-16(27)26-20-10-11-21(26)23(14-20,13-17-6-3-2-4-7-17)22(28)25-15-18-8-5-9-19(24)12-18/h2-9,12,20-21H,10-11,13-15H2,1H3,(H,25,28)/t20-,21+,23+/m0/s1. The number of rotatable bonds is 5. The molecule has 2 heterocycles. The second kappa shape index (κ2) is 7.38.